The molecule has 2 rings (SSSR count). The van der Waals surface area contributed by atoms with Crippen molar-refractivity contribution in [1.82, 2.24) is 4.90 Å². The molecule has 0 aromatic carbocycles. The molecule has 2 nitrogen and oxygen atoms in total. The number of carbonyl (C=O) groups is 1. The van der Waals surface area contributed by atoms with Crippen LogP contribution in [0.2, 0.25) is 0 Å². The Balaban J connectivity index is 1.89. The maximum absolute atomic E-state index is 12.3. The van der Waals surface area contributed by atoms with Gasteiger partial charge in [0.1, 0.15) is 0 Å². The molecule has 1 aliphatic rings. The van der Waals surface area contributed by atoms with Crippen LogP contribution in [0.5, 0.6) is 0 Å². The Hall–Kier alpha value is -0.000000000000000111. The number of rotatable bonds is 6. The van der Waals surface area contributed by atoms with Crippen LogP contribution in [0, 0.1) is 0 Å². The van der Waals surface area contributed by atoms with Gasteiger partial charge in [0.15, 0.2) is 0 Å². The minimum absolute atomic E-state index is 0.197. The van der Waals surface area contributed by atoms with Gasteiger partial charge in [-0.3, -0.25) is 4.79 Å². The number of carbonyl (C=O) groups excluding carboxylic acids is 1. The van der Waals surface area contributed by atoms with Gasteiger partial charge in [0, 0.05) is 29.6 Å². The molecular formula is C14H20BrNOS2. The van der Waals surface area contributed by atoms with Crippen LogP contribution in [0.4, 0.5) is 0 Å². The van der Waals surface area contributed by atoms with Crippen molar-refractivity contribution in [3.05, 3.63) is 21.4 Å². The second-order valence-corrected chi connectivity index (χ2v) is 7.87. The molecule has 19 heavy (non-hydrogen) atoms. The van der Waals surface area contributed by atoms with Gasteiger partial charge in [-0.05, 0) is 36.6 Å². The summed E-state index contributed by atoms with van der Waals surface area (Å²) in [5.41, 5.74) is 1.39. The SMILES string of the molecule is CN(CCCCCBr)C(=O)c1cc2c(s1)CCSC2. The molecule has 0 saturated carbocycles. The number of amides is 1. The number of thioether (sulfide) groups is 1. The average molecular weight is 362 g/mol. The lowest BCUT2D eigenvalue weighted by Crippen LogP contribution is -2.27. The summed E-state index contributed by atoms with van der Waals surface area (Å²) in [5.74, 6) is 2.47. The van der Waals surface area contributed by atoms with Crippen molar-refractivity contribution in [2.45, 2.75) is 31.4 Å². The molecule has 0 bridgehead atoms. The topological polar surface area (TPSA) is 20.3 Å². The van der Waals surface area contributed by atoms with Gasteiger partial charge in [-0.25, -0.2) is 0 Å². The lowest BCUT2D eigenvalue weighted by molar-refractivity contribution is 0.0797. The highest BCUT2D eigenvalue weighted by Gasteiger charge is 2.19. The van der Waals surface area contributed by atoms with E-state index in [2.05, 4.69) is 22.0 Å². The monoisotopic (exact) mass is 361 g/mol. The number of unbranched alkanes of at least 4 members (excludes halogenated alkanes) is 2. The predicted molar refractivity (Wildman–Crippen MR) is 88.8 cm³/mol. The van der Waals surface area contributed by atoms with E-state index in [1.54, 1.807) is 11.3 Å². The molecule has 5 heteroatoms. The summed E-state index contributed by atoms with van der Waals surface area (Å²) in [5, 5.41) is 1.06. The van der Waals surface area contributed by atoms with Crippen LogP contribution in [0.1, 0.15) is 39.4 Å². The fourth-order valence-corrected chi connectivity index (χ4v) is 4.93. The molecule has 0 N–H and O–H groups in total. The van der Waals surface area contributed by atoms with E-state index >= 15 is 0 Å². The molecule has 0 radical (unpaired) electrons. The number of nitrogens with zero attached hydrogens (tertiary/aromatic N) is 1. The zero-order chi connectivity index (χ0) is 13.7. The molecule has 0 fully saturated rings. The molecule has 0 atom stereocenters. The van der Waals surface area contributed by atoms with Crippen LogP contribution >= 0.6 is 39.0 Å². The second kappa shape index (κ2) is 7.70. The van der Waals surface area contributed by atoms with E-state index in [1.807, 2.05) is 23.7 Å². The van der Waals surface area contributed by atoms with E-state index in [0.29, 0.717) is 0 Å². The fraction of sp³-hybridized carbons (Fsp3) is 0.643. The summed E-state index contributed by atoms with van der Waals surface area (Å²) in [4.78, 5) is 16.6. The Morgan fingerprint density at radius 3 is 3.00 bits per heavy atom. The van der Waals surface area contributed by atoms with Crippen molar-refractivity contribution in [3.8, 4) is 0 Å². The minimum atomic E-state index is 0.197. The standard InChI is InChI=1S/C14H20BrNOS2/c1-16(7-4-2-3-6-15)14(17)13-9-11-10-18-8-5-12(11)19-13/h9H,2-8,10H2,1H3. The van der Waals surface area contributed by atoms with Gasteiger partial charge in [0.25, 0.3) is 5.91 Å². The first-order chi connectivity index (χ1) is 9.22. The Morgan fingerprint density at radius 2 is 2.26 bits per heavy atom. The van der Waals surface area contributed by atoms with Crippen molar-refractivity contribution in [2.24, 2.45) is 0 Å². The van der Waals surface area contributed by atoms with Crippen LogP contribution < -0.4 is 0 Å². The van der Waals surface area contributed by atoms with E-state index in [1.165, 1.54) is 29.0 Å². The molecule has 0 unspecified atom stereocenters. The number of hydrogen-bond donors (Lipinski definition) is 0. The first kappa shape index (κ1) is 15.4. The maximum Gasteiger partial charge on any atom is 0.263 e. The summed E-state index contributed by atoms with van der Waals surface area (Å²) >= 11 is 7.10. The minimum Gasteiger partial charge on any atom is -0.341 e. The van der Waals surface area contributed by atoms with Gasteiger partial charge in [-0.2, -0.15) is 11.8 Å². The van der Waals surface area contributed by atoms with Gasteiger partial charge in [-0.1, -0.05) is 22.4 Å². The molecule has 1 aromatic heterocycles. The zero-order valence-corrected chi connectivity index (χ0v) is 14.5. The van der Waals surface area contributed by atoms with E-state index in [0.717, 1.165) is 35.3 Å². The van der Waals surface area contributed by atoms with Crippen molar-refractivity contribution in [3.63, 3.8) is 0 Å². The first-order valence-electron chi connectivity index (χ1n) is 6.73. The molecule has 2 heterocycles. The maximum atomic E-state index is 12.3. The quantitative estimate of drug-likeness (QED) is 0.559. The molecule has 0 spiro atoms. The highest BCUT2D eigenvalue weighted by atomic mass is 79.9. The molecule has 0 aliphatic carbocycles. The van der Waals surface area contributed by atoms with Crippen molar-refractivity contribution < 1.29 is 4.79 Å². The summed E-state index contributed by atoms with van der Waals surface area (Å²) in [7, 11) is 1.92. The van der Waals surface area contributed by atoms with Crippen LogP contribution in [0.3, 0.4) is 0 Å². The number of alkyl halides is 1. The Bertz CT molecular complexity index is 410. The summed E-state index contributed by atoms with van der Waals surface area (Å²) < 4.78 is 0. The van der Waals surface area contributed by atoms with Gasteiger partial charge in [-0.15, -0.1) is 11.3 Å². The molecular weight excluding hydrogens is 342 g/mol. The third kappa shape index (κ3) is 4.23. The van der Waals surface area contributed by atoms with Gasteiger partial charge >= 0.3 is 0 Å². The van der Waals surface area contributed by atoms with Crippen LogP contribution in [-0.4, -0.2) is 35.5 Å². The molecule has 0 saturated heterocycles. The molecule has 1 aliphatic heterocycles. The molecule has 1 aromatic rings. The average Bonchev–Trinajstić information content (AvgIpc) is 2.86. The first-order valence-corrected chi connectivity index (χ1v) is 9.82. The number of hydrogen-bond acceptors (Lipinski definition) is 3. The van der Waals surface area contributed by atoms with Gasteiger partial charge < -0.3 is 4.90 Å². The molecule has 106 valence electrons. The Kier molecular flexibility index (Phi) is 6.23. The third-order valence-corrected chi connectivity index (χ3v) is 6.11. The van der Waals surface area contributed by atoms with Crippen molar-refractivity contribution in [1.29, 1.82) is 0 Å². The largest absolute Gasteiger partial charge is 0.341 e. The number of fused-ring (bicyclic) bond motifs is 1. The van der Waals surface area contributed by atoms with Gasteiger partial charge in [0.05, 0.1) is 4.88 Å². The predicted octanol–water partition coefficient (Wildman–Crippen LogP) is 4.17. The summed E-state index contributed by atoms with van der Waals surface area (Å²) in [6.45, 7) is 0.864. The second-order valence-electron chi connectivity index (χ2n) is 4.84. The van der Waals surface area contributed by atoms with Crippen LogP contribution in [0.25, 0.3) is 0 Å². The van der Waals surface area contributed by atoms with Crippen LogP contribution in [0.15, 0.2) is 6.07 Å². The highest BCUT2D eigenvalue weighted by Crippen LogP contribution is 2.32. The van der Waals surface area contributed by atoms with Crippen molar-refractivity contribution in [2.75, 3.05) is 24.7 Å². The Morgan fingerprint density at radius 1 is 1.42 bits per heavy atom. The summed E-state index contributed by atoms with van der Waals surface area (Å²) in [6, 6.07) is 2.11. The lowest BCUT2D eigenvalue weighted by Gasteiger charge is -2.15. The van der Waals surface area contributed by atoms with Crippen molar-refractivity contribution >= 4 is 44.9 Å². The fourth-order valence-electron chi connectivity index (χ4n) is 2.16. The summed E-state index contributed by atoms with van der Waals surface area (Å²) in [6.07, 6.45) is 4.59. The van der Waals surface area contributed by atoms with Gasteiger partial charge in [0.2, 0.25) is 0 Å². The zero-order valence-electron chi connectivity index (χ0n) is 11.3. The molecule has 1 amide bonds. The van der Waals surface area contributed by atoms with E-state index < -0.39 is 0 Å². The van der Waals surface area contributed by atoms with E-state index in [9.17, 15) is 4.79 Å². The van der Waals surface area contributed by atoms with Crippen LogP contribution in [-0.2, 0) is 12.2 Å². The number of aryl methyl sites for hydroxylation is 1. The smallest absolute Gasteiger partial charge is 0.263 e. The Labute approximate surface area is 132 Å². The number of thiophene rings is 1. The van der Waals surface area contributed by atoms with E-state index in [-0.39, 0.29) is 5.91 Å². The van der Waals surface area contributed by atoms with E-state index in [4.69, 9.17) is 0 Å². The third-order valence-electron chi connectivity index (χ3n) is 3.31. The number of halogens is 1. The normalized spacial score (nSPS) is 14.2. The lowest BCUT2D eigenvalue weighted by atomic mass is 10.2. The highest BCUT2D eigenvalue weighted by molar-refractivity contribution is 9.09.